The highest BCUT2D eigenvalue weighted by Gasteiger charge is 2.35. The van der Waals surface area contributed by atoms with Gasteiger partial charge in [0, 0.05) is 12.1 Å². The minimum Gasteiger partial charge on any atom is -0.465 e. The summed E-state index contributed by atoms with van der Waals surface area (Å²) in [5.41, 5.74) is 1.05. The van der Waals surface area contributed by atoms with Crippen molar-refractivity contribution in [3.8, 4) is 0 Å². The van der Waals surface area contributed by atoms with Gasteiger partial charge in [-0.2, -0.15) is 0 Å². The molecule has 0 amide bonds. The van der Waals surface area contributed by atoms with Crippen LogP contribution in [0.4, 0.5) is 5.69 Å². The predicted octanol–water partition coefficient (Wildman–Crippen LogP) is 1.82. The molecule has 0 bridgehead atoms. The largest absolute Gasteiger partial charge is 0.465 e. The van der Waals surface area contributed by atoms with Gasteiger partial charge in [-0.3, -0.25) is 19.6 Å². The van der Waals surface area contributed by atoms with E-state index in [4.69, 9.17) is 9.84 Å². The molecule has 1 fully saturated rings. The van der Waals surface area contributed by atoms with Crippen molar-refractivity contribution in [1.82, 2.24) is 4.98 Å². The molecule has 1 N–H and O–H groups in total. The fourth-order valence-corrected chi connectivity index (χ4v) is 2.18. The maximum absolute atomic E-state index is 12.3. The van der Waals surface area contributed by atoms with Crippen molar-refractivity contribution in [2.45, 2.75) is 32.8 Å². The lowest BCUT2D eigenvalue weighted by Crippen LogP contribution is -2.35. The van der Waals surface area contributed by atoms with Crippen molar-refractivity contribution >= 4 is 23.7 Å². The number of pyridine rings is 1. The molecule has 118 valence electrons. The van der Waals surface area contributed by atoms with Gasteiger partial charge in [-0.25, -0.2) is 0 Å². The number of aromatic nitrogens is 1. The monoisotopic (exact) mass is 304 g/mol. The van der Waals surface area contributed by atoms with Crippen LogP contribution in [0.2, 0.25) is 0 Å². The van der Waals surface area contributed by atoms with Gasteiger partial charge in [-0.15, -0.1) is 0 Å². The summed E-state index contributed by atoms with van der Waals surface area (Å²) >= 11 is 0. The number of carbonyl (C=O) groups excluding carboxylic acids is 2. The number of aliphatic imine (C=N–C) groups is 1. The van der Waals surface area contributed by atoms with E-state index < -0.39 is 11.9 Å². The molecule has 0 saturated heterocycles. The van der Waals surface area contributed by atoms with Gasteiger partial charge in [-0.05, 0) is 31.9 Å². The number of aliphatic hydroxyl groups excluding tert-OH is 1. The summed E-state index contributed by atoms with van der Waals surface area (Å²) in [7, 11) is 0. The summed E-state index contributed by atoms with van der Waals surface area (Å²) < 4.78 is 4.97. The number of nitrogens with zero attached hydrogens (tertiary/aromatic N) is 2. The van der Waals surface area contributed by atoms with E-state index in [1.165, 1.54) is 12.4 Å². The summed E-state index contributed by atoms with van der Waals surface area (Å²) in [5, 5.41) is 8.94. The number of esters is 1. The van der Waals surface area contributed by atoms with Gasteiger partial charge in [0.15, 0.2) is 11.7 Å². The van der Waals surface area contributed by atoms with Crippen molar-refractivity contribution in [1.29, 1.82) is 0 Å². The van der Waals surface area contributed by atoms with E-state index in [0.717, 1.165) is 19.3 Å². The van der Waals surface area contributed by atoms with Gasteiger partial charge in [0.1, 0.15) is 0 Å². The average Bonchev–Trinajstić information content (AvgIpc) is 2.46. The Morgan fingerprint density at radius 3 is 2.77 bits per heavy atom. The van der Waals surface area contributed by atoms with Crippen LogP contribution in [0.25, 0.3) is 0 Å². The van der Waals surface area contributed by atoms with Gasteiger partial charge in [-0.1, -0.05) is 6.42 Å². The Kier molecular flexibility index (Phi) is 5.77. The number of carbonyl (C=O) groups is 2. The number of ketones is 1. The second-order valence-corrected chi connectivity index (χ2v) is 5.20. The Morgan fingerprint density at radius 2 is 2.27 bits per heavy atom. The fraction of sp³-hybridized carbons (Fsp3) is 0.500. The first-order valence-corrected chi connectivity index (χ1v) is 7.46. The second-order valence-electron chi connectivity index (χ2n) is 5.20. The van der Waals surface area contributed by atoms with Crippen molar-refractivity contribution in [3.63, 3.8) is 0 Å². The molecule has 1 aliphatic rings. The van der Waals surface area contributed by atoms with Gasteiger partial charge < -0.3 is 9.84 Å². The van der Waals surface area contributed by atoms with E-state index in [0.29, 0.717) is 11.4 Å². The Morgan fingerprint density at radius 1 is 1.50 bits per heavy atom. The van der Waals surface area contributed by atoms with E-state index in [2.05, 4.69) is 9.98 Å². The van der Waals surface area contributed by atoms with Gasteiger partial charge in [0.25, 0.3) is 0 Å². The average molecular weight is 304 g/mol. The number of hydrogen-bond acceptors (Lipinski definition) is 6. The third-order valence-corrected chi connectivity index (χ3v) is 3.70. The molecule has 0 aromatic carbocycles. The summed E-state index contributed by atoms with van der Waals surface area (Å²) in [6.07, 6.45) is 5.51. The van der Waals surface area contributed by atoms with Crippen LogP contribution < -0.4 is 0 Å². The Hall–Kier alpha value is -2.08. The molecule has 22 heavy (non-hydrogen) atoms. The smallest absolute Gasteiger partial charge is 0.321 e. The number of hydrogen-bond donors (Lipinski definition) is 1. The Bertz CT molecular complexity index is 550. The summed E-state index contributed by atoms with van der Waals surface area (Å²) in [6, 6.07) is 3.31. The molecule has 2 rings (SSSR count). The molecule has 1 aromatic heterocycles. The lowest BCUT2D eigenvalue weighted by atomic mass is 9.78. The molecular weight excluding hydrogens is 284 g/mol. The second kappa shape index (κ2) is 7.79. The van der Waals surface area contributed by atoms with E-state index in [9.17, 15) is 9.59 Å². The first-order valence-electron chi connectivity index (χ1n) is 7.46. The Labute approximate surface area is 129 Å². The van der Waals surface area contributed by atoms with Gasteiger partial charge in [0.05, 0.1) is 30.8 Å². The molecular formula is C16H20N2O4. The van der Waals surface area contributed by atoms with Crippen LogP contribution in [-0.2, 0) is 20.9 Å². The lowest BCUT2D eigenvalue weighted by Gasteiger charge is -2.25. The minimum atomic E-state index is -0.956. The highest BCUT2D eigenvalue weighted by atomic mass is 16.5. The first-order chi connectivity index (χ1) is 10.7. The van der Waals surface area contributed by atoms with Crippen molar-refractivity contribution in [2.75, 3.05) is 6.61 Å². The van der Waals surface area contributed by atoms with Crippen LogP contribution in [0.5, 0.6) is 0 Å². The van der Waals surface area contributed by atoms with E-state index in [-0.39, 0.29) is 24.9 Å². The topological polar surface area (TPSA) is 88.8 Å². The van der Waals surface area contributed by atoms with Crippen LogP contribution in [0.1, 0.15) is 31.9 Å². The van der Waals surface area contributed by atoms with Crippen LogP contribution in [0, 0.1) is 11.8 Å². The maximum Gasteiger partial charge on any atom is 0.321 e. The molecule has 1 atom stereocenters. The molecule has 0 spiro atoms. The minimum absolute atomic E-state index is 0.0595. The van der Waals surface area contributed by atoms with Crippen LogP contribution in [0.3, 0.4) is 0 Å². The molecule has 6 heteroatoms. The van der Waals surface area contributed by atoms with Crippen LogP contribution >= 0.6 is 0 Å². The molecule has 1 saturated carbocycles. The van der Waals surface area contributed by atoms with Gasteiger partial charge >= 0.3 is 5.97 Å². The van der Waals surface area contributed by atoms with E-state index in [1.54, 1.807) is 19.1 Å². The fourth-order valence-electron chi connectivity index (χ4n) is 2.18. The number of ether oxygens (including phenoxy) is 1. The first kappa shape index (κ1) is 16.3. The highest BCUT2D eigenvalue weighted by molar-refractivity contribution is 6.13. The summed E-state index contributed by atoms with van der Waals surface area (Å²) in [6.45, 7) is 1.79. The number of aliphatic hydroxyl groups is 1. The standard InChI is InChI=1S/C16H20N2O4/c1-2-22-16(21)14(15(20)11-4-3-5-11)9-18-12-6-7-13(10-19)17-8-12/h6-9,11,14,19H,2-5,10H2,1H3. The molecule has 1 unspecified atom stereocenters. The van der Waals surface area contributed by atoms with Gasteiger partial charge in [0.2, 0.25) is 0 Å². The zero-order valence-electron chi connectivity index (χ0n) is 12.6. The molecule has 0 radical (unpaired) electrons. The van der Waals surface area contributed by atoms with Crippen molar-refractivity contribution in [2.24, 2.45) is 16.8 Å². The molecule has 1 aromatic rings. The highest BCUT2D eigenvalue weighted by Crippen LogP contribution is 2.29. The zero-order valence-corrected chi connectivity index (χ0v) is 12.6. The van der Waals surface area contributed by atoms with E-state index >= 15 is 0 Å². The third-order valence-electron chi connectivity index (χ3n) is 3.70. The SMILES string of the molecule is CCOC(=O)C(C=Nc1ccc(CO)nc1)C(=O)C1CCC1. The quantitative estimate of drug-likeness (QED) is 0.471. The Balaban J connectivity index is 2.11. The molecule has 1 heterocycles. The lowest BCUT2D eigenvalue weighted by molar-refractivity contribution is -0.150. The van der Waals surface area contributed by atoms with E-state index in [1.807, 2.05) is 0 Å². The third kappa shape index (κ3) is 3.98. The summed E-state index contributed by atoms with van der Waals surface area (Å²) in [4.78, 5) is 32.4. The normalized spacial score (nSPS) is 16.3. The van der Waals surface area contributed by atoms with Crippen molar-refractivity contribution in [3.05, 3.63) is 24.0 Å². The maximum atomic E-state index is 12.3. The number of Topliss-reactive ketones (excluding diaryl/α,β-unsaturated/α-hetero) is 1. The molecule has 1 aliphatic carbocycles. The molecule has 6 nitrogen and oxygen atoms in total. The number of rotatable bonds is 7. The predicted molar refractivity (Wildman–Crippen MR) is 80.8 cm³/mol. The summed E-state index contributed by atoms with van der Waals surface area (Å²) in [5.74, 6) is -1.69. The molecule has 0 aliphatic heterocycles. The van der Waals surface area contributed by atoms with Crippen molar-refractivity contribution < 1.29 is 19.4 Å². The zero-order chi connectivity index (χ0) is 15.9. The van der Waals surface area contributed by atoms with Crippen LogP contribution in [-0.4, -0.2) is 34.7 Å². The van der Waals surface area contributed by atoms with Crippen LogP contribution in [0.15, 0.2) is 23.3 Å².